The summed E-state index contributed by atoms with van der Waals surface area (Å²) in [5.74, 6) is 0.892. The third-order valence-corrected chi connectivity index (χ3v) is 4.35. The number of rotatable bonds is 6. The maximum absolute atomic E-state index is 12.8. The summed E-state index contributed by atoms with van der Waals surface area (Å²) in [7, 11) is 3.05. The lowest BCUT2D eigenvalue weighted by Crippen LogP contribution is -2.49. The number of hydrogen-bond donors (Lipinski definition) is 0. The van der Waals surface area contributed by atoms with Crippen molar-refractivity contribution in [2.24, 2.45) is 0 Å². The average Bonchev–Trinajstić information content (AvgIpc) is 2.60. The maximum atomic E-state index is 12.8. The van der Waals surface area contributed by atoms with Crippen LogP contribution in [0.2, 0.25) is 0 Å². The Hall–Kier alpha value is -2.08. The van der Waals surface area contributed by atoms with E-state index in [2.05, 4.69) is 0 Å². The highest BCUT2D eigenvalue weighted by atomic mass is 16.5. The van der Waals surface area contributed by atoms with Crippen LogP contribution in [0.25, 0.3) is 0 Å². The van der Waals surface area contributed by atoms with Crippen LogP contribution in [0, 0.1) is 0 Å². The molecule has 1 amide bonds. The van der Waals surface area contributed by atoms with Gasteiger partial charge in [-0.2, -0.15) is 0 Å². The molecule has 1 atom stereocenters. The van der Waals surface area contributed by atoms with Gasteiger partial charge in [-0.1, -0.05) is 6.92 Å². The number of amides is 1. The molecule has 1 aromatic rings. The minimum atomic E-state index is -0.104. The molecule has 0 aliphatic carbocycles. The third kappa shape index (κ3) is 3.87. The molecule has 24 heavy (non-hydrogen) atoms. The van der Waals surface area contributed by atoms with Gasteiger partial charge in [-0.3, -0.25) is 9.59 Å². The van der Waals surface area contributed by atoms with Crippen molar-refractivity contribution in [2.45, 2.75) is 32.7 Å². The number of morpholine rings is 1. The predicted molar refractivity (Wildman–Crippen MR) is 89.9 cm³/mol. The fourth-order valence-corrected chi connectivity index (χ4v) is 2.98. The van der Waals surface area contributed by atoms with E-state index in [0.29, 0.717) is 42.4 Å². The average molecular weight is 335 g/mol. The molecule has 6 nitrogen and oxygen atoms in total. The summed E-state index contributed by atoms with van der Waals surface area (Å²) in [5.41, 5.74) is 1.15. The fraction of sp³-hybridized carbons (Fsp3) is 0.556. The van der Waals surface area contributed by atoms with E-state index in [1.807, 2.05) is 11.8 Å². The zero-order chi connectivity index (χ0) is 17.7. The van der Waals surface area contributed by atoms with E-state index in [9.17, 15) is 9.59 Å². The van der Waals surface area contributed by atoms with Crippen molar-refractivity contribution >= 4 is 11.7 Å². The van der Waals surface area contributed by atoms with Crippen LogP contribution in [-0.2, 0) is 16.0 Å². The van der Waals surface area contributed by atoms with E-state index in [4.69, 9.17) is 14.2 Å². The van der Waals surface area contributed by atoms with Gasteiger partial charge in [0.15, 0.2) is 17.3 Å². The zero-order valence-corrected chi connectivity index (χ0v) is 14.8. The van der Waals surface area contributed by atoms with E-state index < -0.39 is 0 Å². The van der Waals surface area contributed by atoms with Crippen LogP contribution in [0.15, 0.2) is 12.1 Å². The number of nitrogens with zero attached hydrogens (tertiary/aromatic N) is 1. The van der Waals surface area contributed by atoms with Crippen molar-refractivity contribution in [3.8, 4) is 11.5 Å². The van der Waals surface area contributed by atoms with Gasteiger partial charge in [0, 0.05) is 12.1 Å². The van der Waals surface area contributed by atoms with Gasteiger partial charge in [-0.05, 0) is 31.0 Å². The molecule has 0 saturated carbocycles. The normalized spacial score (nSPS) is 17.5. The minimum Gasteiger partial charge on any atom is -0.493 e. The lowest BCUT2D eigenvalue weighted by atomic mass is 9.99. The van der Waals surface area contributed by atoms with Gasteiger partial charge in [0.05, 0.1) is 39.9 Å². The topological polar surface area (TPSA) is 65.1 Å². The number of hydrogen-bond acceptors (Lipinski definition) is 5. The van der Waals surface area contributed by atoms with E-state index >= 15 is 0 Å². The molecule has 6 heteroatoms. The van der Waals surface area contributed by atoms with Crippen LogP contribution in [0.5, 0.6) is 11.5 Å². The smallest absolute Gasteiger partial charge is 0.227 e. The van der Waals surface area contributed by atoms with Crippen LogP contribution in [-0.4, -0.2) is 56.6 Å². The molecule has 1 heterocycles. The van der Waals surface area contributed by atoms with Gasteiger partial charge >= 0.3 is 0 Å². The highest BCUT2D eigenvalue weighted by Crippen LogP contribution is 2.31. The quantitative estimate of drug-likeness (QED) is 0.745. The highest BCUT2D eigenvalue weighted by molar-refractivity contribution is 5.97. The molecule has 0 radical (unpaired) electrons. The van der Waals surface area contributed by atoms with Crippen molar-refractivity contribution in [3.05, 3.63) is 23.3 Å². The van der Waals surface area contributed by atoms with Gasteiger partial charge in [0.25, 0.3) is 0 Å². The molecule has 1 saturated heterocycles. The van der Waals surface area contributed by atoms with Gasteiger partial charge in [-0.15, -0.1) is 0 Å². The van der Waals surface area contributed by atoms with Crippen molar-refractivity contribution in [1.29, 1.82) is 0 Å². The Balaban J connectivity index is 2.30. The van der Waals surface area contributed by atoms with Gasteiger partial charge in [0.1, 0.15) is 0 Å². The minimum absolute atomic E-state index is 0.000120. The Morgan fingerprint density at radius 1 is 1.25 bits per heavy atom. The van der Waals surface area contributed by atoms with E-state index in [0.717, 1.165) is 6.42 Å². The van der Waals surface area contributed by atoms with Crippen LogP contribution in [0.4, 0.5) is 0 Å². The lowest BCUT2D eigenvalue weighted by Gasteiger charge is -2.35. The molecular formula is C18H25NO5. The number of carbonyl (C=O) groups is 2. The first-order chi connectivity index (χ1) is 11.5. The zero-order valence-electron chi connectivity index (χ0n) is 14.8. The Bertz CT molecular complexity index is 614. The number of Topliss-reactive ketones (excluding diaryl/α,β-unsaturated/α-hetero) is 1. The number of carbonyl (C=O) groups excluding carboxylic acids is 2. The largest absolute Gasteiger partial charge is 0.493 e. The lowest BCUT2D eigenvalue weighted by molar-refractivity contribution is -0.139. The molecule has 132 valence electrons. The Labute approximate surface area is 142 Å². The fourth-order valence-electron chi connectivity index (χ4n) is 2.98. The molecule has 0 bridgehead atoms. The third-order valence-electron chi connectivity index (χ3n) is 4.35. The standard InChI is InChI=1S/C18H25NO5/c1-5-14-11-24-7-6-19(14)18(21)9-13-8-16(22-3)17(23-4)10-15(13)12(2)20/h8,10,14H,5-7,9,11H2,1-4H3/t14-/m0/s1. The van der Waals surface area contributed by atoms with E-state index in [1.165, 1.54) is 21.1 Å². The van der Waals surface area contributed by atoms with Crippen LogP contribution < -0.4 is 9.47 Å². The van der Waals surface area contributed by atoms with Gasteiger partial charge < -0.3 is 19.1 Å². The van der Waals surface area contributed by atoms with Gasteiger partial charge in [0.2, 0.25) is 5.91 Å². The summed E-state index contributed by atoms with van der Waals surface area (Å²) < 4.78 is 16.0. The van der Waals surface area contributed by atoms with Crippen LogP contribution in [0.1, 0.15) is 36.2 Å². The molecule has 1 aromatic carbocycles. The molecule has 1 fully saturated rings. The first kappa shape index (κ1) is 18.3. The highest BCUT2D eigenvalue weighted by Gasteiger charge is 2.27. The number of ketones is 1. The summed E-state index contributed by atoms with van der Waals surface area (Å²) >= 11 is 0. The van der Waals surface area contributed by atoms with Gasteiger partial charge in [-0.25, -0.2) is 0 Å². The summed E-state index contributed by atoms with van der Waals surface area (Å²) in [6, 6.07) is 3.45. The number of benzene rings is 1. The second kappa shape index (κ2) is 8.15. The monoisotopic (exact) mass is 335 g/mol. The second-order valence-corrected chi connectivity index (χ2v) is 5.82. The number of ether oxygens (including phenoxy) is 3. The first-order valence-corrected chi connectivity index (χ1v) is 8.14. The van der Waals surface area contributed by atoms with E-state index in [1.54, 1.807) is 12.1 Å². The molecule has 0 unspecified atom stereocenters. The van der Waals surface area contributed by atoms with E-state index in [-0.39, 0.29) is 24.2 Å². The predicted octanol–water partition coefficient (Wildman–Crippen LogP) is 2.09. The maximum Gasteiger partial charge on any atom is 0.227 e. The Morgan fingerprint density at radius 2 is 1.92 bits per heavy atom. The second-order valence-electron chi connectivity index (χ2n) is 5.82. The van der Waals surface area contributed by atoms with Crippen molar-refractivity contribution in [2.75, 3.05) is 34.0 Å². The first-order valence-electron chi connectivity index (χ1n) is 8.14. The summed E-state index contributed by atoms with van der Waals surface area (Å²) in [5, 5.41) is 0. The Morgan fingerprint density at radius 3 is 2.50 bits per heavy atom. The molecule has 1 aliphatic rings. The van der Waals surface area contributed by atoms with Crippen LogP contribution >= 0.6 is 0 Å². The molecule has 0 spiro atoms. The van der Waals surface area contributed by atoms with Crippen molar-refractivity contribution in [1.82, 2.24) is 4.90 Å². The summed E-state index contributed by atoms with van der Waals surface area (Å²) in [6.45, 7) is 5.22. The summed E-state index contributed by atoms with van der Waals surface area (Å²) in [4.78, 5) is 26.6. The molecule has 0 N–H and O–H groups in total. The molecule has 1 aliphatic heterocycles. The SMILES string of the molecule is CC[C@H]1COCCN1C(=O)Cc1cc(OC)c(OC)cc1C(C)=O. The van der Waals surface area contributed by atoms with Crippen molar-refractivity contribution in [3.63, 3.8) is 0 Å². The molecular weight excluding hydrogens is 310 g/mol. The molecule has 2 rings (SSSR count). The van der Waals surface area contributed by atoms with Crippen LogP contribution in [0.3, 0.4) is 0 Å². The molecule has 0 aromatic heterocycles. The van der Waals surface area contributed by atoms with Crippen molar-refractivity contribution < 1.29 is 23.8 Å². The summed E-state index contributed by atoms with van der Waals surface area (Å²) in [6.07, 6.45) is 1.00. The number of methoxy groups -OCH3 is 2. The Kier molecular flexibility index (Phi) is 6.20.